The second-order valence-corrected chi connectivity index (χ2v) is 8.50. The quantitative estimate of drug-likeness (QED) is 0.214. The number of nitrogens with one attached hydrogen (secondary N) is 1. The van der Waals surface area contributed by atoms with Gasteiger partial charge in [-0.15, -0.1) is 11.3 Å². The van der Waals surface area contributed by atoms with Crippen molar-refractivity contribution in [2.45, 2.75) is 13.0 Å². The molecule has 0 spiro atoms. The first-order valence-corrected chi connectivity index (χ1v) is 10.6. The Hall–Kier alpha value is -2.62. The van der Waals surface area contributed by atoms with Crippen molar-refractivity contribution in [3.8, 4) is 5.75 Å². The van der Waals surface area contributed by atoms with Gasteiger partial charge < -0.3 is 14.8 Å². The number of ether oxygens (including phenoxy) is 2. The molecule has 1 atom stereocenters. The molecule has 10 heteroatoms. The number of carbonyl (C=O) groups is 1. The SMILES string of the molecule is COC(=O)c1sc(Nc2ccc(Br)cc2[N+](=O)[O-])cc1O[C@H](C)c1ccccc1Cl. The second-order valence-electron chi connectivity index (χ2n) is 6.12. The number of nitrogens with zero attached hydrogens (tertiary/aromatic N) is 1. The van der Waals surface area contributed by atoms with Crippen LogP contribution in [0.1, 0.15) is 28.3 Å². The fourth-order valence-corrected chi connectivity index (χ4v) is 4.27. The molecule has 0 saturated carbocycles. The van der Waals surface area contributed by atoms with Crippen LogP contribution in [0.3, 0.4) is 0 Å². The van der Waals surface area contributed by atoms with Crippen LogP contribution in [0.2, 0.25) is 5.02 Å². The summed E-state index contributed by atoms with van der Waals surface area (Å²) in [5.74, 6) is -0.277. The molecule has 1 N–H and O–H groups in total. The topological polar surface area (TPSA) is 90.7 Å². The number of hydrogen-bond donors (Lipinski definition) is 1. The van der Waals surface area contributed by atoms with Crippen LogP contribution < -0.4 is 10.1 Å². The largest absolute Gasteiger partial charge is 0.484 e. The third kappa shape index (κ3) is 4.92. The molecule has 30 heavy (non-hydrogen) atoms. The molecule has 0 bridgehead atoms. The lowest BCUT2D eigenvalue weighted by atomic mass is 10.1. The highest BCUT2D eigenvalue weighted by Gasteiger charge is 2.23. The highest BCUT2D eigenvalue weighted by molar-refractivity contribution is 9.10. The predicted octanol–water partition coefficient (Wildman–Crippen LogP) is 6.74. The van der Waals surface area contributed by atoms with Gasteiger partial charge in [-0.1, -0.05) is 45.7 Å². The highest BCUT2D eigenvalue weighted by Crippen LogP contribution is 2.40. The Morgan fingerprint density at radius 3 is 2.67 bits per heavy atom. The van der Waals surface area contributed by atoms with Crippen LogP contribution in [0.15, 0.2) is 53.0 Å². The zero-order valence-electron chi connectivity index (χ0n) is 15.8. The summed E-state index contributed by atoms with van der Waals surface area (Å²) in [5.41, 5.74) is 0.940. The van der Waals surface area contributed by atoms with Gasteiger partial charge in [0.1, 0.15) is 17.5 Å². The molecule has 0 amide bonds. The molecule has 1 aromatic heterocycles. The lowest BCUT2D eigenvalue weighted by Gasteiger charge is -2.16. The van der Waals surface area contributed by atoms with E-state index in [2.05, 4.69) is 21.2 Å². The van der Waals surface area contributed by atoms with Gasteiger partial charge in [-0.25, -0.2) is 4.79 Å². The van der Waals surface area contributed by atoms with Crippen molar-refractivity contribution < 1.29 is 19.2 Å². The van der Waals surface area contributed by atoms with E-state index in [4.69, 9.17) is 21.1 Å². The number of esters is 1. The van der Waals surface area contributed by atoms with Crippen LogP contribution in [0.25, 0.3) is 0 Å². The smallest absolute Gasteiger partial charge is 0.351 e. The van der Waals surface area contributed by atoms with E-state index in [0.29, 0.717) is 20.2 Å². The Morgan fingerprint density at radius 1 is 1.27 bits per heavy atom. The van der Waals surface area contributed by atoms with Crippen LogP contribution in [-0.4, -0.2) is 18.0 Å². The van der Waals surface area contributed by atoms with Gasteiger partial charge in [0.05, 0.1) is 17.0 Å². The first kappa shape index (κ1) is 22.1. The molecule has 3 rings (SSSR count). The molecule has 2 aromatic carbocycles. The minimum atomic E-state index is -0.570. The maximum Gasteiger partial charge on any atom is 0.351 e. The number of nitro benzene ring substituents is 1. The molecule has 3 aromatic rings. The minimum Gasteiger partial charge on any atom is -0.484 e. The molecule has 0 saturated heterocycles. The average Bonchev–Trinajstić information content (AvgIpc) is 3.10. The van der Waals surface area contributed by atoms with Crippen molar-refractivity contribution in [2.75, 3.05) is 12.4 Å². The number of halogens is 2. The van der Waals surface area contributed by atoms with Crippen molar-refractivity contribution >= 4 is 61.2 Å². The third-order valence-corrected chi connectivity index (χ3v) is 5.98. The Balaban J connectivity index is 1.93. The number of anilines is 2. The lowest BCUT2D eigenvalue weighted by molar-refractivity contribution is -0.384. The summed E-state index contributed by atoms with van der Waals surface area (Å²) in [4.78, 5) is 23.4. The summed E-state index contributed by atoms with van der Waals surface area (Å²) in [5, 5.41) is 15.4. The van der Waals surface area contributed by atoms with Crippen molar-refractivity contribution in [2.24, 2.45) is 0 Å². The van der Waals surface area contributed by atoms with Gasteiger partial charge in [0.25, 0.3) is 5.69 Å². The molecule has 0 unspecified atom stereocenters. The number of methoxy groups -OCH3 is 1. The fraction of sp³-hybridized carbons (Fsp3) is 0.150. The molecule has 0 fully saturated rings. The van der Waals surface area contributed by atoms with Gasteiger partial charge in [0.2, 0.25) is 0 Å². The highest BCUT2D eigenvalue weighted by atomic mass is 79.9. The third-order valence-electron chi connectivity index (χ3n) is 4.13. The summed E-state index contributed by atoms with van der Waals surface area (Å²) in [6.07, 6.45) is -0.438. The van der Waals surface area contributed by atoms with Crippen LogP contribution in [0, 0.1) is 10.1 Å². The van der Waals surface area contributed by atoms with Crippen molar-refractivity contribution in [3.05, 3.63) is 78.6 Å². The summed E-state index contributed by atoms with van der Waals surface area (Å²) >= 11 is 10.5. The van der Waals surface area contributed by atoms with Crippen molar-refractivity contribution in [3.63, 3.8) is 0 Å². The Bertz CT molecular complexity index is 1100. The van der Waals surface area contributed by atoms with E-state index in [-0.39, 0.29) is 16.3 Å². The van der Waals surface area contributed by atoms with Gasteiger partial charge in [-0.3, -0.25) is 10.1 Å². The van der Waals surface area contributed by atoms with Gasteiger partial charge in [0.15, 0.2) is 4.88 Å². The number of rotatable bonds is 7. The van der Waals surface area contributed by atoms with E-state index < -0.39 is 17.0 Å². The van der Waals surface area contributed by atoms with E-state index in [1.165, 1.54) is 13.2 Å². The molecule has 7 nitrogen and oxygen atoms in total. The molecular formula is C20H16BrClN2O5S. The average molecular weight is 512 g/mol. The number of benzene rings is 2. The first-order valence-electron chi connectivity index (χ1n) is 8.64. The summed E-state index contributed by atoms with van der Waals surface area (Å²) in [7, 11) is 1.27. The van der Waals surface area contributed by atoms with Crippen LogP contribution in [-0.2, 0) is 4.74 Å². The molecule has 156 valence electrons. The summed E-state index contributed by atoms with van der Waals surface area (Å²) in [6.45, 7) is 1.81. The Kier molecular flexibility index (Phi) is 6.96. The van der Waals surface area contributed by atoms with Crippen molar-refractivity contribution in [1.82, 2.24) is 0 Å². The zero-order valence-corrected chi connectivity index (χ0v) is 19.0. The first-order chi connectivity index (χ1) is 14.3. The zero-order chi connectivity index (χ0) is 21.8. The number of hydrogen-bond acceptors (Lipinski definition) is 7. The summed E-state index contributed by atoms with van der Waals surface area (Å²) in [6, 6.07) is 13.5. The Labute approximate surface area is 189 Å². The standard InChI is InChI=1S/C20H16BrClN2O5S/c1-11(13-5-3-4-6-14(13)22)29-17-10-18(30-19(17)20(25)28-2)23-15-8-7-12(21)9-16(15)24(26)27/h3-11,23H,1-2H3/t11-/m1/s1. The molecule has 1 heterocycles. The van der Waals surface area contributed by atoms with Crippen LogP contribution in [0.4, 0.5) is 16.4 Å². The number of nitro groups is 1. The second kappa shape index (κ2) is 9.46. The monoisotopic (exact) mass is 510 g/mol. The minimum absolute atomic E-state index is 0.107. The molecule has 0 aliphatic heterocycles. The van der Waals surface area contributed by atoms with Gasteiger partial charge in [-0.05, 0) is 25.1 Å². The fourth-order valence-electron chi connectivity index (χ4n) is 2.71. The predicted molar refractivity (Wildman–Crippen MR) is 120 cm³/mol. The molecule has 0 aliphatic carbocycles. The number of carbonyl (C=O) groups excluding carboxylic acids is 1. The van der Waals surface area contributed by atoms with E-state index >= 15 is 0 Å². The van der Waals surface area contributed by atoms with Gasteiger partial charge in [0, 0.05) is 27.2 Å². The number of thiophene rings is 1. The van der Waals surface area contributed by atoms with Gasteiger partial charge in [-0.2, -0.15) is 0 Å². The van der Waals surface area contributed by atoms with E-state index in [1.807, 2.05) is 25.1 Å². The van der Waals surface area contributed by atoms with Crippen LogP contribution in [0.5, 0.6) is 5.75 Å². The molecule has 0 radical (unpaired) electrons. The van der Waals surface area contributed by atoms with E-state index in [9.17, 15) is 14.9 Å². The van der Waals surface area contributed by atoms with Gasteiger partial charge >= 0.3 is 5.97 Å². The maximum absolute atomic E-state index is 12.2. The van der Waals surface area contributed by atoms with Crippen LogP contribution >= 0.6 is 38.9 Å². The normalized spacial score (nSPS) is 11.6. The van der Waals surface area contributed by atoms with E-state index in [1.54, 1.807) is 24.3 Å². The molecule has 0 aliphatic rings. The maximum atomic E-state index is 12.2. The molecular weight excluding hydrogens is 496 g/mol. The van der Waals surface area contributed by atoms with E-state index in [0.717, 1.165) is 16.9 Å². The Morgan fingerprint density at radius 2 is 2.00 bits per heavy atom. The summed E-state index contributed by atoms with van der Waals surface area (Å²) < 4.78 is 11.4. The van der Waals surface area contributed by atoms with Crippen molar-refractivity contribution in [1.29, 1.82) is 0 Å². The lowest BCUT2D eigenvalue weighted by Crippen LogP contribution is -2.07.